The summed E-state index contributed by atoms with van der Waals surface area (Å²) in [6, 6.07) is 1.81. The van der Waals surface area contributed by atoms with Gasteiger partial charge in [-0.25, -0.2) is 19.9 Å². The number of rotatable bonds is 2. The third kappa shape index (κ3) is 2.42. The minimum atomic E-state index is -0.340. The average Bonchev–Trinajstić information content (AvgIpc) is 2.93. The summed E-state index contributed by atoms with van der Waals surface area (Å²) in [7, 11) is 0. The molecular weight excluding hydrogens is 292 g/mol. The first-order valence-corrected chi connectivity index (χ1v) is 7.87. The van der Waals surface area contributed by atoms with E-state index in [9.17, 15) is 4.79 Å². The third-order valence-corrected chi connectivity index (χ3v) is 4.78. The van der Waals surface area contributed by atoms with E-state index in [-0.39, 0.29) is 11.3 Å². The highest BCUT2D eigenvalue weighted by Crippen LogP contribution is 2.42. The van der Waals surface area contributed by atoms with Gasteiger partial charge in [-0.15, -0.1) is 0 Å². The maximum atomic E-state index is 13.1. The second kappa shape index (κ2) is 5.57. The van der Waals surface area contributed by atoms with Crippen molar-refractivity contribution in [3.8, 4) is 0 Å². The van der Waals surface area contributed by atoms with Crippen molar-refractivity contribution in [2.24, 2.45) is 5.41 Å². The van der Waals surface area contributed by atoms with Crippen LogP contribution in [0.5, 0.6) is 0 Å². The Labute approximate surface area is 134 Å². The molecule has 2 saturated heterocycles. The maximum absolute atomic E-state index is 13.1. The summed E-state index contributed by atoms with van der Waals surface area (Å²) in [6.07, 6.45) is 11.1. The van der Waals surface area contributed by atoms with Gasteiger partial charge in [-0.05, 0) is 25.3 Å². The van der Waals surface area contributed by atoms with Gasteiger partial charge in [0.2, 0.25) is 11.9 Å². The second-order valence-corrected chi connectivity index (χ2v) is 6.16. The lowest BCUT2D eigenvalue weighted by molar-refractivity contribution is -0.126. The number of anilines is 2. The number of amides is 1. The van der Waals surface area contributed by atoms with Gasteiger partial charge < -0.3 is 9.80 Å². The standard InChI is InChI=1S/C16H18N6O/c23-14-16(4-8-22(14)13-9-17-12-18-10-13)3-1-7-21(11-16)15-19-5-2-6-20-15/h2,5-6,9-10,12H,1,3-4,7-8,11H2/t16-/m1/s1. The molecule has 2 aromatic heterocycles. The Morgan fingerprint density at radius 3 is 2.61 bits per heavy atom. The number of nitrogens with zero attached hydrogens (tertiary/aromatic N) is 6. The van der Waals surface area contributed by atoms with Crippen LogP contribution in [0, 0.1) is 5.41 Å². The minimum Gasteiger partial charge on any atom is -0.340 e. The van der Waals surface area contributed by atoms with Crippen LogP contribution in [0.1, 0.15) is 19.3 Å². The fourth-order valence-corrected chi connectivity index (χ4v) is 3.63. The van der Waals surface area contributed by atoms with Crippen LogP contribution < -0.4 is 9.80 Å². The lowest BCUT2D eigenvalue weighted by Crippen LogP contribution is -2.48. The lowest BCUT2D eigenvalue weighted by Gasteiger charge is -2.38. The van der Waals surface area contributed by atoms with Crippen molar-refractivity contribution in [2.75, 3.05) is 29.4 Å². The van der Waals surface area contributed by atoms with E-state index in [1.165, 1.54) is 6.33 Å². The molecule has 1 atom stereocenters. The highest BCUT2D eigenvalue weighted by atomic mass is 16.2. The fraction of sp³-hybridized carbons (Fsp3) is 0.438. The van der Waals surface area contributed by atoms with Crippen LogP contribution in [0.25, 0.3) is 0 Å². The Hall–Kier alpha value is -2.57. The normalized spacial score (nSPS) is 24.4. The molecular formula is C16H18N6O. The van der Waals surface area contributed by atoms with Gasteiger partial charge in [0.1, 0.15) is 6.33 Å². The molecule has 4 rings (SSSR count). The molecule has 4 heterocycles. The quantitative estimate of drug-likeness (QED) is 0.832. The van der Waals surface area contributed by atoms with E-state index in [1.807, 2.05) is 4.90 Å². The van der Waals surface area contributed by atoms with Gasteiger partial charge in [-0.1, -0.05) is 0 Å². The Morgan fingerprint density at radius 1 is 1.04 bits per heavy atom. The monoisotopic (exact) mass is 310 g/mol. The molecule has 0 aromatic carbocycles. The molecule has 0 unspecified atom stereocenters. The summed E-state index contributed by atoms with van der Waals surface area (Å²) in [5.74, 6) is 0.883. The Kier molecular flexibility index (Phi) is 3.40. The van der Waals surface area contributed by atoms with Crippen LogP contribution in [0.4, 0.5) is 11.6 Å². The molecule has 0 saturated carbocycles. The Balaban J connectivity index is 1.58. The largest absolute Gasteiger partial charge is 0.340 e. The van der Waals surface area contributed by atoms with Gasteiger partial charge >= 0.3 is 0 Å². The zero-order valence-electron chi connectivity index (χ0n) is 12.8. The molecule has 118 valence electrons. The van der Waals surface area contributed by atoms with E-state index in [0.29, 0.717) is 12.5 Å². The van der Waals surface area contributed by atoms with Gasteiger partial charge in [0.05, 0.1) is 23.5 Å². The Morgan fingerprint density at radius 2 is 1.83 bits per heavy atom. The highest BCUT2D eigenvalue weighted by molar-refractivity contribution is 6.00. The summed E-state index contributed by atoms with van der Waals surface area (Å²) in [6.45, 7) is 2.29. The van der Waals surface area contributed by atoms with Crippen LogP contribution in [0.2, 0.25) is 0 Å². The van der Waals surface area contributed by atoms with E-state index in [4.69, 9.17) is 0 Å². The predicted molar refractivity (Wildman–Crippen MR) is 84.9 cm³/mol. The topological polar surface area (TPSA) is 75.1 Å². The highest BCUT2D eigenvalue weighted by Gasteiger charge is 2.49. The summed E-state index contributed by atoms with van der Waals surface area (Å²) in [5.41, 5.74) is 0.440. The van der Waals surface area contributed by atoms with Crippen molar-refractivity contribution >= 4 is 17.5 Å². The fourth-order valence-electron chi connectivity index (χ4n) is 3.63. The van der Waals surface area contributed by atoms with Crippen molar-refractivity contribution in [1.29, 1.82) is 0 Å². The number of hydrogen-bond acceptors (Lipinski definition) is 6. The summed E-state index contributed by atoms with van der Waals surface area (Å²) in [4.78, 5) is 33.7. The molecule has 7 nitrogen and oxygen atoms in total. The first-order chi connectivity index (χ1) is 11.3. The molecule has 1 spiro atoms. The molecule has 0 bridgehead atoms. The number of carbonyl (C=O) groups excluding carboxylic acids is 1. The van der Waals surface area contributed by atoms with Crippen molar-refractivity contribution in [2.45, 2.75) is 19.3 Å². The molecule has 0 N–H and O–H groups in total. The molecule has 2 aromatic rings. The van der Waals surface area contributed by atoms with E-state index < -0.39 is 0 Å². The molecule has 1 amide bonds. The van der Waals surface area contributed by atoms with E-state index >= 15 is 0 Å². The summed E-state index contributed by atoms with van der Waals surface area (Å²) in [5, 5.41) is 0. The number of carbonyl (C=O) groups is 1. The van der Waals surface area contributed by atoms with E-state index in [2.05, 4.69) is 24.8 Å². The van der Waals surface area contributed by atoms with Crippen molar-refractivity contribution < 1.29 is 4.79 Å². The minimum absolute atomic E-state index is 0.174. The molecule has 2 aliphatic heterocycles. The zero-order valence-corrected chi connectivity index (χ0v) is 12.8. The SMILES string of the molecule is O=C1N(c2cncnc2)CC[C@@]12CCCN(c1ncccn1)C2. The smallest absolute Gasteiger partial charge is 0.235 e. The second-order valence-electron chi connectivity index (χ2n) is 6.16. The van der Waals surface area contributed by atoms with Gasteiger partial charge in [-0.2, -0.15) is 0 Å². The van der Waals surface area contributed by atoms with Crippen LogP contribution in [0.3, 0.4) is 0 Å². The van der Waals surface area contributed by atoms with Gasteiger partial charge in [0.25, 0.3) is 0 Å². The molecule has 2 fully saturated rings. The van der Waals surface area contributed by atoms with Crippen molar-refractivity contribution in [1.82, 2.24) is 19.9 Å². The maximum Gasteiger partial charge on any atom is 0.235 e. The molecule has 23 heavy (non-hydrogen) atoms. The number of aromatic nitrogens is 4. The van der Waals surface area contributed by atoms with Crippen LogP contribution >= 0.6 is 0 Å². The molecule has 0 radical (unpaired) electrons. The van der Waals surface area contributed by atoms with Gasteiger partial charge in [-0.3, -0.25) is 4.79 Å². The van der Waals surface area contributed by atoms with E-state index in [0.717, 1.165) is 38.0 Å². The molecule has 2 aliphatic rings. The zero-order chi connectivity index (χ0) is 15.7. The predicted octanol–water partition coefficient (Wildman–Crippen LogP) is 1.29. The van der Waals surface area contributed by atoms with Crippen molar-refractivity contribution in [3.05, 3.63) is 37.2 Å². The Bertz CT molecular complexity index is 694. The van der Waals surface area contributed by atoms with Crippen LogP contribution in [-0.2, 0) is 4.79 Å². The van der Waals surface area contributed by atoms with Gasteiger partial charge in [0, 0.05) is 32.0 Å². The summed E-state index contributed by atoms with van der Waals surface area (Å²) < 4.78 is 0. The first-order valence-electron chi connectivity index (χ1n) is 7.87. The van der Waals surface area contributed by atoms with Gasteiger partial charge in [0.15, 0.2) is 0 Å². The van der Waals surface area contributed by atoms with E-state index in [1.54, 1.807) is 30.9 Å². The summed E-state index contributed by atoms with van der Waals surface area (Å²) >= 11 is 0. The lowest BCUT2D eigenvalue weighted by atomic mass is 9.78. The molecule has 7 heteroatoms. The van der Waals surface area contributed by atoms with Crippen LogP contribution in [-0.4, -0.2) is 45.5 Å². The third-order valence-electron chi connectivity index (χ3n) is 4.78. The first kappa shape index (κ1) is 14.0. The van der Waals surface area contributed by atoms with Crippen LogP contribution in [0.15, 0.2) is 37.2 Å². The average molecular weight is 310 g/mol. The number of piperidine rings is 1. The number of hydrogen-bond donors (Lipinski definition) is 0. The molecule has 0 aliphatic carbocycles. The van der Waals surface area contributed by atoms with Crippen molar-refractivity contribution in [3.63, 3.8) is 0 Å².